The first-order valence-corrected chi connectivity index (χ1v) is 13.0. The number of aromatic nitrogens is 4. The van der Waals surface area contributed by atoms with Crippen molar-refractivity contribution in [3.63, 3.8) is 0 Å². The lowest BCUT2D eigenvalue weighted by molar-refractivity contribution is 0.262. The number of urea groups is 1. The van der Waals surface area contributed by atoms with E-state index in [2.05, 4.69) is 62.1 Å². The van der Waals surface area contributed by atoms with Gasteiger partial charge in [-0.2, -0.15) is 0 Å². The van der Waals surface area contributed by atoms with Gasteiger partial charge in [-0.25, -0.2) is 14.3 Å². The van der Waals surface area contributed by atoms with Gasteiger partial charge in [0.2, 0.25) is 0 Å². The Morgan fingerprint density at radius 3 is 2.47 bits per heavy atom. The molecule has 38 heavy (non-hydrogen) atoms. The summed E-state index contributed by atoms with van der Waals surface area (Å²) in [6, 6.07) is 19.5. The van der Waals surface area contributed by atoms with Crippen molar-refractivity contribution in [3.05, 3.63) is 72.5 Å². The van der Waals surface area contributed by atoms with E-state index >= 15 is 0 Å². The molecule has 9 heteroatoms. The Morgan fingerprint density at radius 2 is 1.76 bits per heavy atom. The van der Waals surface area contributed by atoms with Gasteiger partial charge in [-0.05, 0) is 64.1 Å². The Bertz CT molecular complexity index is 1390. The number of para-hydroxylation sites is 1. The molecule has 0 spiro atoms. The van der Waals surface area contributed by atoms with Gasteiger partial charge >= 0.3 is 6.03 Å². The molecule has 8 nitrogen and oxygen atoms in total. The van der Waals surface area contributed by atoms with Crippen LogP contribution in [0.25, 0.3) is 22.5 Å². The smallest absolute Gasteiger partial charge is 0.323 e. The van der Waals surface area contributed by atoms with Gasteiger partial charge in [0.1, 0.15) is 5.82 Å². The summed E-state index contributed by atoms with van der Waals surface area (Å²) in [4.78, 5) is 15.4. The summed E-state index contributed by atoms with van der Waals surface area (Å²) in [6.07, 6.45) is 3.70. The third-order valence-electron chi connectivity index (χ3n) is 6.64. The quantitative estimate of drug-likeness (QED) is 0.222. The molecule has 1 saturated carbocycles. The lowest BCUT2D eigenvalue weighted by Crippen LogP contribution is -2.30. The number of nitrogens with one attached hydrogen (secondary N) is 3. The van der Waals surface area contributed by atoms with E-state index in [0.717, 1.165) is 47.8 Å². The molecule has 1 aromatic heterocycles. The summed E-state index contributed by atoms with van der Waals surface area (Å²) < 4.78 is 14.2. The average Bonchev–Trinajstić information content (AvgIpc) is 3.58. The summed E-state index contributed by atoms with van der Waals surface area (Å²) in [5.41, 5.74) is 4.37. The van der Waals surface area contributed by atoms with Crippen LogP contribution in [0.15, 0.2) is 66.7 Å². The van der Waals surface area contributed by atoms with Gasteiger partial charge in [-0.3, -0.25) is 0 Å². The topological polar surface area (TPSA) is 98.8 Å². The number of rotatable bonds is 10. The van der Waals surface area contributed by atoms with Crippen molar-refractivity contribution in [1.29, 1.82) is 0 Å². The van der Waals surface area contributed by atoms with E-state index in [4.69, 9.17) is 0 Å². The Kier molecular flexibility index (Phi) is 7.62. The highest BCUT2D eigenvalue weighted by Gasteiger charge is 2.24. The van der Waals surface area contributed by atoms with E-state index in [-0.39, 0.29) is 5.69 Å². The van der Waals surface area contributed by atoms with Crippen LogP contribution in [-0.4, -0.2) is 39.7 Å². The molecule has 196 valence electrons. The number of nitrogens with zero attached hydrogens (tertiary/aromatic N) is 4. The molecule has 4 aromatic rings. The molecule has 3 aromatic carbocycles. The van der Waals surface area contributed by atoms with E-state index in [1.165, 1.54) is 25.0 Å². The third kappa shape index (κ3) is 6.16. The van der Waals surface area contributed by atoms with Gasteiger partial charge in [-0.15, -0.1) is 5.10 Å². The molecule has 0 radical (unpaired) electrons. The van der Waals surface area contributed by atoms with Crippen molar-refractivity contribution in [1.82, 2.24) is 20.6 Å². The Labute approximate surface area is 221 Å². The van der Waals surface area contributed by atoms with Crippen molar-refractivity contribution in [2.75, 3.05) is 28.6 Å². The molecular formula is C29H32FN7O. The maximum absolute atomic E-state index is 14.2. The highest BCUT2D eigenvalue weighted by Crippen LogP contribution is 2.38. The monoisotopic (exact) mass is 513 g/mol. The standard InChI is InChI=1S/C29H32FN7O/c1-19(2)18-37(16-15-20-11-12-20)27-14-13-21(22-7-3-4-8-23(22)28-33-35-36-34-28)17-26(27)32-29(38)31-25-10-6-5-9-24(25)30/h3-10,13-14,17,19-20H,11-12,15-16,18H2,1-2H3,(H2,31,32,38)(H,33,34,35,36). The van der Waals surface area contributed by atoms with E-state index in [9.17, 15) is 9.18 Å². The Morgan fingerprint density at radius 1 is 1.03 bits per heavy atom. The third-order valence-corrected chi connectivity index (χ3v) is 6.64. The van der Waals surface area contributed by atoms with Crippen LogP contribution in [0.1, 0.15) is 33.1 Å². The molecular weight excluding hydrogens is 481 g/mol. The lowest BCUT2D eigenvalue weighted by Gasteiger charge is -2.29. The zero-order chi connectivity index (χ0) is 26.5. The summed E-state index contributed by atoms with van der Waals surface area (Å²) in [5.74, 6) is 1.29. The predicted molar refractivity (Wildman–Crippen MR) is 148 cm³/mol. The first-order valence-electron chi connectivity index (χ1n) is 13.0. The molecule has 0 atom stereocenters. The zero-order valence-electron chi connectivity index (χ0n) is 21.6. The SMILES string of the molecule is CC(C)CN(CCC1CC1)c1ccc(-c2ccccc2-c2nnn[nH]2)cc1NC(=O)Nc1ccccc1F. The molecule has 0 unspecified atom stereocenters. The normalized spacial score (nSPS) is 12.9. The van der Waals surface area contributed by atoms with Crippen molar-refractivity contribution < 1.29 is 9.18 Å². The van der Waals surface area contributed by atoms with Crippen LogP contribution < -0.4 is 15.5 Å². The second-order valence-corrected chi connectivity index (χ2v) is 10.2. The predicted octanol–water partition coefficient (Wildman–Crippen LogP) is 6.58. The number of hydrogen-bond donors (Lipinski definition) is 3. The fourth-order valence-corrected chi connectivity index (χ4v) is 4.63. The van der Waals surface area contributed by atoms with Crippen LogP contribution in [-0.2, 0) is 0 Å². The molecule has 1 aliphatic carbocycles. The average molecular weight is 514 g/mol. The number of benzene rings is 3. The number of amides is 2. The molecule has 1 aliphatic rings. The maximum atomic E-state index is 14.2. The minimum absolute atomic E-state index is 0.124. The Balaban J connectivity index is 1.51. The van der Waals surface area contributed by atoms with Crippen LogP contribution in [0.4, 0.5) is 26.2 Å². The number of anilines is 3. The molecule has 1 heterocycles. The zero-order valence-corrected chi connectivity index (χ0v) is 21.6. The van der Waals surface area contributed by atoms with E-state index in [0.29, 0.717) is 17.4 Å². The first-order chi connectivity index (χ1) is 18.5. The van der Waals surface area contributed by atoms with Crippen LogP contribution in [0.3, 0.4) is 0 Å². The van der Waals surface area contributed by atoms with Gasteiger partial charge in [-0.1, -0.05) is 69.2 Å². The van der Waals surface area contributed by atoms with Crippen molar-refractivity contribution in [3.8, 4) is 22.5 Å². The van der Waals surface area contributed by atoms with Crippen LogP contribution in [0.2, 0.25) is 0 Å². The van der Waals surface area contributed by atoms with Gasteiger partial charge < -0.3 is 15.5 Å². The molecule has 1 fully saturated rings. The highest BCUT2D eigenvalue weighted by molar-refractivity contribution is 6.02. The fourth-order valence-electron chi connectivity index (χ4n) is 4.63. The van der Waals surface area contributed by atoms with E-state index in [1.807, 2.05) is 30.3 Å². The number of hydrogen-bond acceptors (Lipinski definition) is 5. The summed E-state index contributed by atoms with van der Waals surface area (Å²) >= 11 is 0. The number of aromatic amines is 1. The molecule has 3 N–H and O–H groups in total. The van der Waals surface area contributed by atoms with Crippen molar-refractivity contribution in [2.45, 2.75) is 33.1 Å². The number of carbonyl (C=O) groups excluding carboxylic acids is 1. The van der Waals surface area contributed by atoms with Crippen molar-refractivity contribution >= 4 is 23.1 Å². The molecule has 2 amide bonds. The first kappa shape index (κ1) is 25.4. The lowest BCUT2D eigenvalue weighted by atomic mass is 9.98. The number of halogens is 1. The van der Waals surface area contributed by atoms with Gasteiger partial charge in [0.25, 0.3) is 0 Å². The van der Waals surface area contributed by atoms with E-state index in [1.54, 1.807) is 12.1 Å². The van der Waals surface area contributed by atoms with Gasteiger partial charge in [0.15, 0.2) is 5.82 Å². The van der Waals surface area contributed by atoms with Gasteiger partial charge in [0, 0.05) is 18.7 Å². The summed E-state index contributed by atoms with van der Waals surface area (Å²) in [6.45, 7) is 6.15. The number of carbonyl (C=O) groups is 1. The van der Waals surface area contributed by atoms with E-state index < -0.39 is 11.8 Å². The fraction of sp³-hybridized carbons (Fsp3) is 0.310. The Hall–Kier alpha value is -4.27. The minimum Gasteiger partial charge on any atom is -0.370 e. The number of tetrazole rings is 1. The second-order valence-electron chi connectivity index (χ2n) is 10.2. The van der Waals surface area contributed by atoms with Crippen LogP contribution in [0, 0.1) is 17.7 Å². The molecule has 5 rings (SSSR count). The summed E-state index contributed by atoms with van der Waals surface area (Å²) in [7, 11) is 0. The van der Waals surface area contributed by atoms with Gasteiger partial charge in [0.05, 0.1) is 17.1 Å². The van der Waals surface area contributed by atoms with Crippen molar-refractivity contribution in [2.24, 2.45) is 11.8 Å². The largest absolute Gasteiger partial charge is 0.370 e. The second kappa shape index (κ2) is 11.4. The highest BCUT2D eigenvalue weighted by atomic mass is 19.1. The minimum atomic E-state index is -0.507. The molecule has 0 aliphatic heterocycles. The van der Waals surface area contributed by atoms with Crippen LogP contribution in [0.5, 0.6) is 0 Å². The maximum Gasteiger partial charge on any atom is 0.323 e. The summed E-state index contributed by atoms with van der Waals surface area (Å²) in [5, 5.41) is 20.0. The number of H-pyrrole nitrogens is 1. The molecule has 0 saturated heterocycles. The molecule has 0 bridgehead atoms. The van der Waals surface area contributed by atoms with Crippen LogP contribution >= 0.6 is 0 Å².